The molecule has 1 aliphatic rings. The third kappa shape index (κ3) is 4.79. The molecule has 1 amide bonds. The lowest BCUT2D eigenvalue weighted by Gasteiger charge is -2.59. The molecule has 0 saturated carbocycles. The van der Waals surface area contributed by atoms with Crippen LogP contribution in [0.1, 0.15) is 34.6 Å². The van der Waals surface area contributed by atoms with Gasteiger partial charge in [-0.3, -0.25) is 14.4 Å². The molecule has 0 aromatic carbocycles. The first-order valence-corrected chi connectivity index (χ1v) is 12.0. The van der Waals surface area contributed by atoms with Crippen LogP contribution in [-0.4, -0.2) is 61.7 Å². The van der Waals surface area contributed by atoms with Crippen LogP contribution in [0, 0.1) is 17.3 Å². The van der Waals surface area contributed by atoms with Crippen molar-refractivity contribution in [3.63, 3.8) is 0 Å². The molecule has 0 unspecified atom stereocenters. The highest BCUT2D eigenvalue weighted by atomic mass is 28.3. The Bertz CT molecular complexity index is 599. The number of hydrogen-bond donors (Lipinski definition) is 1. The second kappa shape index (κ2) is 8.56. The number of nitrogens with zero attached hydrogens (tertiary/aromatic N) is 1. The number of carbonyl (C=O) groups is 3. The largest absolute Gasteiger partial charge is 0.481 e. The molecule has 0 spiro atoms. The van der Waals surface area contributed by atoms with Gasteiger partial charge in [-0.25, -0.2) is 0 Å². The maximum Gasteiger partial charge on any atom is 0.325 e. The van der Waals surface area contributed by atoms with Gasteiger partial charge in [-0.05, 0) is 32.4 Å². The summed E-state index contributed by atoms with van der Waals surface area (Å²) in [6.07, 6.45) is 1.44. The van der Waals surface area contributed by atoms with E-state index in [1.54, 1.807) is 6.92 Å². The Morgan fingerprint density at radius 2 is 1.89 bits per heavy atom. The van der Waals surface area contributed by atoms with Crippen LogP contribution < -0.4 is 0 Å². The van der Waals surface area contributed by atoms with E-state index in [9.17, 15) is 19.5 Å². The number of amides is 1. The summed E-state index contributed by atoms with van der Waals surface area (Å²) in [6.45, 7) is 16.7. The van der Waals surface area contributed by atoms with Crippen molar-refractivity contribution >= 4 is 26.9 Å². The summed E-state index contributed by atoms with van der Waals surface area (Å²) in [5, 5.41) is 9.57. The van der Waals surface area contributed by atoms with E-state index in [2.05, 4.69) is 6.58 Å². The topological polar surface area (TPSA) is 93.1 Å². The highest BCUT2D eigenvalue weighted by Gasteiger charge is 2.63. The second-order valence-corrected chi connectivity index (χ2v) is 10.9. The van der Waals surface area contributed by atoms with E-state index < -0.39 is 49.9 Å². The maximum absolute atomic E-state index is 13.0. The van der Waals surface area contributed by atoms with Gasteiger partial charge >= 0.3 is 11.9 Å². The summed E-state index contributed by atoms with van der Waals surface area (Å²) < 4.78 is 11.3. The number of carboxylic acids is 1. The highest BCUT2D eigenvalue weighted by Crippen LogP contribution is 2.49. The molecule has 0 aliphatic carbocycles. The fraction of sp³-hybridized carbons (Fsp3) is 0.737. The Hall–Kier alpha value is -1.67. The number of carboxylic acid groups (broad SMARTS) is 1. The van der Waals surface area contributed by atoms with Crippen LogP contribution in [0.4, 0.5) is 0 Å². The third-order valence-electron chi connectivity index (χ3n) is 5.38. The molecule has 0 aromatic rings. The highest BCUT2D eigenvalue weighted by molar-refractivity contribution is 6.48. The van der Waals surface area contributed by atoms with Crippen LogP contribution in [0.25, 0.3) is 0 Å². The van der Waals surface area contributed by atoms with Crippen LogP contribution in [-0.2, 0) is 23.5 Å². The predicted molar refractivity (Wildman–Crippen MR) is 105 cm³/mol. The third-order valence-corrected chi connectivity index (χ3v) is 6.34. The minimum Gasteiger partial charge on any atom is -0.481 e. The van der Waals surface area contributed by atoms with E-state index in [-0.39, 0.29) is 19.1 Å². The molecule has 0 bridgehead atoms. The fourth-order valence-electron chi connectivity index (χ4n) is 3.56. The quantitative estimate of drug-likeness (QED) is 0.276. The van der Waals surface area contributed by atoms with Gasteiger partial charge in [0.15, 0.2) is 9.04 Å². The standard InChI is InChI=1S/C19H33NO6Si/c1-9-10-25-13(21)11-20-15(12(2)17(23)24)14(16(20)22)19(6,18(3,4)5)26-27(7)8/h9,12,14-15,27H,1,10-11H2,2-8H3,(H,23,24)/t12-,14-,15-,19-/m1/s1. The Morgan fingerprint density at radius 1 is 1.33 bits per heavy atom. The van der Waals surface area contributed by atoms with Crippen molar-refractivity contribution in [3.8, 4) is 0 Å². The Labute approximate surface area is 163 Å². The van der Waals surface area contributed by atoms with Gasteiger partial charge in [0, 0.05) is 0 Å². The van der Waals surface area contributed by atoms with Gasteiger partial charge in [0.1, 0.15) is 13.2 Å². The SMILES string of the molecule is C=CCOC(=O)CN1C(=O)[C@H]([C@@](C)(O[SiH](C)C)C(C)(C)C)[C@H]1[C@@H](C)C(=O)O. The molecule has 0 aromatic heterocycles. The minimum absolute atomic E-state index is 0.0468. The van der Waals surface area contributed by atoms with Gasteiger partial charge in [-0.15, -0.1) is 0 Å². The number of hydrogen-bond acceptors (Lipinski definition) is 5. The molecule has 7 nitrogen and oxygen atoms in total. The molecule has 1 aliphatic heterocycles. The van der Waals surface area contributed by atoms with Gasteiger partial charge in [0.2, 0.25) is 5.91 Å². The van der Waals surface area contributed by atoms with Gasteiger partial charge < -0.3 is 19.2 Å². The van der Waals surface area contributed by atoms with Gasteiger partial charge in [0.05, 0.1) is 23.5 Å². The van der Waals surface area contributed by atoms with E-state index in [0.29, 0.717) is 0 Å². The van der Waals surface area contributed by atoms with Crippen LogP contribution in [0.2, 0.25) is 13.1 Å². The number of rotatable bonds is 9. The van der Waals surface area contributed by atoms with Crippen molar-refractivity contribution in [2.45, 2.75) is 59.4 Å². The molecular formula is C19H33NO6Si. The summed E-state index contributed by atoms with van der Waals surface area (Å²) in [7, 11) is -1.53. The number of carbonyl (C=O) groups excluding carboxylic acids is 2. The summed E-state index contributed by atoms with van der Waals surface area (Å²) >= 11 is 0. The van der Waals surface area contributed by atoms with Gasteiger partial charge in [-0.2, -0.15) is 0 Å². The van der Waals surface area contributed by atoms with Crippen LogP contribution in [0.3, 0.4) is 0 Å². The van der Waals surface area contributed by atoms with E-state index in [0.717, 1.165) is 0 Å². The second-order valence-electron chi connectivity index (χ2n) is 8.56. The molecule has 1 N–H and O–H groups in total. The average molecular weight is 400 g/mol. The number of esters is 1. The van der Waals surface area contributed by atoms with E-state index in [1.165, 1.54) is 11.0 Å². The predicted octanol–water partition coefficient (Wildman–Crippen LogP) is 2.07. The Kier molecular flexibility index (Phi) is 7.41. The van der Waals surface area contributed by atoms with Crippen molar-refractivity contribution < 1.29 is 28.7 Å². The lowest BCUT2D eigenvalue weighted by atomic mass is 9.61. The molecule has 1 rings (SSSR count). The van der Waals surface area contributed by atoms with Crippen molar-refractivity contribution in [2.75, 3.05) is 13.2 Å². The zero-order valence-electron chi connectivity index (χ0n) is 17.4. The molecule has 154 valence electrons. The Balaban J connectivity index is 3.24. The van der Waals surface area contributed by atoms with Gasteiger partial charge in [0.25, 0.3) is 0 Å². The van der Waals surface area contributed by atoms with Crippen molar-refractivity contribution in [3.05, 3.63) is 12.7 Å². The summed E-state index contributed by atoms with van der Waals surface area (Å²) in [5.41, 5.74) is -1.23. The van der Waals surface area contributed by atoms with Crippen LogP contribution in [0.15, 0.2) is 12.7 Å². The molecular weight excluding hydrogens is 366 g/mol. The van der Waals surface area contributed by atoms with Crippen LogP contribution >= 0.6 is 0 Å². The lowest BCUT2D eigenvalue weighted by Crippen LogP contribution is -2.74. The molecule has 1 saturated heterocycles. The number of ether oxygens (including phenoxy) is 1. The van der Waals surface area contributed by atoms with Crippen molar-refractivity contribution in [1.29, 1.82) is 0 Å². The van der Waals surface area contributed by atoms with E-state index >= 15 is 0 Å². The first-order chi connectivity index (χ1) is 12.3. The Morgan fingerprint density at radius 3 is 2.30 bits per heavy atom. The number of aliphatic carboxylic acids is 1. The molecule has 0 radical (unpaired) electrons. The minimum atomic E-state index is -1.53. The molecule has 1 fully saturated rings. The monoisotopic (exact) mass is 399 g/mol. The first-order valence-electron chi connectivity index (χ1n) is 9.25. The lowest BCUT2D eigenvalue weighted by molar-refractivity contribution is -0.196. The normalized spacial score (nSPS) is 23.4. The summed E-state index contributed by atoms with van der Waals surface area (Å²) in [4.78, 5) is 38.0. The molecule has 8 heteroatoms. The average Bonchev–Trinajstić information content (AvgIpc) is 2.52. The zero-order valence-corrected chi connectivity index (χ0v) is 18.6. The van der Waals surface area contributed by atoms with Crippen molar-refractivity contribution in [2.24, 2.45) is 17.3 Å². The number of β-lactam (4-membered cyclic amide) rings is 1. The molecule has 4 atom stereocenters. The van der Waals surface area contributed by atoms with E-state index in [4.69, 9.17) is 9.16 Å². The van der Waals surface area contributed by atoms with E-state index in [1.807, 2.05) is 40.8 Å². The summed E-state index contributed by atoms with van der Waals surface area (Å²) in [5.74, 6) is -3.33. The fourth-order valence-corrected chi connectivity index (χ4v) is 5.04. The number of likely N-dealkylation sites (tertiary alicyclic amines) is 1. The van der Waals surface area contributed by atoms with Crippen LogP contribution in [0.5, 0.6) is 0 Å². The van der Waals surface area contributed by atoms with Crippen molar-refractivity contribution in [1.82, 2.24) is 4.90 Å². The summed E-state index contributed by atoms with van der Waals surface area (Å²) in [6, 6.07) is -0.636. The smallest absolute Gasteiger partial charge is 0.325 e. The first kappa shape index (κ1) is 23.4. The zero-order chi connectivity index (χ0) is 21.2. The maximum atomic E-state index is 13.0. The van der Waals surface area contributed by atoms with Gasteiger partial charge in [-0.1, -0.05) is 33.4 Å². The molecule has 27 heavy (non-hydrogen) atoms. The molecule has 1 heterocycles.